The summed E-state index contributed by atoms with van der Waals surface area (Å²) in [6.45, 7) is 7.81. The largest absolute Gasteiger partial charge is 0.493 e. The zero-order valence-electron chi connectivity index (χ0n) is 12.7. The van der Waals surface area contributed by atoms with Crippen LogP contribution in [0.3, 0.4) is 0 Å². The first-order valence-electron chi connectivity index (χ1n) is 6.92. The first-order chi connectivity index (χ1) is 9.62. The average Bonchev–Trinajstić information content (AvgIpc) is 2.45. The van der Waals surface area contributed by atoms with Crippen LogP contribution in [0.5, 0.6) is 11.5 Å². The molecular weight excluding hydrogens is 338 g/mol. The molecule has 20 heavy (non-hydrogen) atoms. The summed E-state index contributed by atoms with van der Waals surface area (Å²) in [6, 6.07) is 4.61. The molecule has 3 nitrogen and oxygen atoms in total. The lowest BCUT2D eigenvalue weighted by Crippen LogP contribution is -2.27. The molecule has 5 heteroatoms. The topological polar surface area (TPSA) is 30.5 Å². The van der Waals surface area contributed by atoms with Crippen molar-refractivity contribution >= 4 is 27.7 Å². The van der Waals surface area contributed by atoms with Gasteiger partial charge in [-0.05, 0) is 53.2 Å². The van der Waals surface area contributed by atoms with Gasteiger partial charge < -0.3 is 14.8 Å². The first-order valence-corrected chi connectivity index (χ1v) is 8.87. The van der Waals surface area contributed by atoms with Gasteiger partial charge >= 0.3 is 0 Å². The number of hydrogen-bond acceptors (Lipinski definition) is 4. The minimum Gasteiger partial charge on any atom is -0.493 e. The molecule has 1 unspecified atom stereocenters. The molecule has 0 saturated carbocycles. The number of hydrogen-bond donors (Lipinski definition) is 1. The Morgan fingerprint density at radius 2 is 2.10 bits per heavy atom. The van der Waals surface area contributed by atoms with Crippen molar-refractivity contribution in [1.29, 1.82) is 0 Å². The Morgan fingerprint density at radius 3 is 2.70 bits per heavy atom. The molecule has 0 aliphatic carbocycles. The van der Waals surface area contributed by atoms with E-state index in [9.17, 15) is 0 Å². The Bertz CT molecular complexity index is 415. The van der Waals surface area contributed by atoms with Gasteiger partial charge in [0.2, 0.25) is 0 Å². The molecule has 114 valence electrons. The van der Waals surface area contributed by atoms with E-state index >= 15 is 0 Å². The molecule has 0 heterocycles. The number of rotatable bonds is 9. The Hall–Kier alpha value is -0.390. The van der Waals surface area contributed by atoms with E-state index in [4.69, 9.17) is 9.47 Å². The Labute approximate surface area is 134 Å². The second kappa shape index (κ2) is 9.53. The van der Waals surface area contributed by atoms with Gasteiger partial charge in [0.05, 0.1) is 18.2 Å². The van der Waals surface area contributed by atoms with Crippen LogP contribution < -0.4 is 14.8 Å². The SMILES string of the molecule is CCOc1c(Br)cc(CNC(C)CSCC)cc1OC. The molecule has 0 radical (unpaired) electrons. The normalized spacial score (nSPS) is 12.2. The van der Waals surface area contributed by atoms with E-state index in [0.717, 1.165) is 34.0 Å². The summed E-state index contributed by atoms with van der Waals surface area (Å²) < 4.78 is 11.9. The van der Waals surface area contributed by atoms with Crippen LogP contribution in [0, 0.1) is 0 Å². The molecule has 0 aliphatic rings. The van der Waals surface area contributed by atoms with E-state index in [0.29, 0.717) is 12.6 Å². The van der Waals surface area contributed by atoms with Crippen LogP contribution >= 0.6 is 27.7 Å². The molecule has 1 aromatic rings. The van der Waals surface area contributed by atoms with Gasteiger partial charge in [0.1, 0.15) is 0 Å². The number of ether oxygens (including phenoxy) is 2. The summed E-state index contributed by atoms with van der Waals surface area (Å²) in [5, 5.41) is 3.53. The number of benzene rings is 1. The maximum atomic E-state index is 5.60. The molecule has 0 aromatic heterocycles. The first kappa shape index (κ1) is 17.7. The van der Waals surface area contributed by atoms with Crippen molar-refractivity contribution in [2.45, 2.75) is 33.4 Å². The van der Waals surface area contributed by atoms with Crippen LogP contribution in [0.1, 0.15) is 26.3 Å². The minimum absolute atomic E-state index is 0.497. The molecule has 0 saturated heterocycles. The van der Waals surface area contributed by atoms with E-state index in [1.165, 1.54) is 5.56 Å². The smallest absolute Gasteiger partial charge is 0.175 e. The summed E-state index contributed by atoms with van der Waals surface area (Å²) in [5.74, 6) is 3.84. The van der Waals surface area contributed by atoms with E-state index in [1.54, 1.807) is 7.11 Å². The summed E-state index contributed by atoms with van der Waals surface area (Å²) in [6.07, 6.45) is 0. The van der Waals surface area contributed by atoms with E-state index < -0.39 is 0 Å². The van der Waals surface area contributed by atoms with Crippen molar-refractivity contribution in [2.24, 2.45) is 0 Å². The van der Waals surface area contributed by atoms with Crippen molar-refractivity contribution < 1.29 is 9.47 Å². The summed E-state index contributed by atoms with van der Waals surface area (Å²) in [5.41, 5.74) is 1.19. The van der Waals surface area contributed by atoms with Gasteiger partial charge in [0, 0.05) is 18.3 Å². The van der Waals surface area contributed by atoms with Crippen LogP contribution in [0.2, 0.25) is 0 Å². The lowest BCUT2D eigenvalue weighted by atomic mass is 10.2. The van der Waals surface area contributed by atoms with Crippen LogP contribution in [0.4, 0.5) is 0 Å². The van der Waals surface area contributed by atoms with Crippen molar-refractivity contribution in [2.75, 3.05) is 25.2 Å². The third-order valence-corrected chi connectivity index (χ3v) is 4.54. The van der Waals surface area contributed by atoms with Gasteiger partial charge in [-0.15, -0.1) is 0 Å². The quantitative estimate of drug-likeness (QED) is 0.717. The number of halogens is 1. The van der Waals surface area contributed by atoms with Gasteiger partial charge in [-0.2, -0.15) is 11.8 Å². The highest BCUT2D eigenvalue weighted by atomic mass is 79.9. The van der Waals surface area contributed by atoms with Crippen LogP contribution in [0.25, 0.3) is 0 Å². The zero-order chi connectivity index (χ0) is 15.0. The maximum absolute atomic E-state index is 5.60. The van der Waals surface area contributed by atoms with E-state index in [1.807, 2.05) is 24.8 Å². The fraction of sp³-hybridized carbons (Fsp3) is 0.600. The predicted molar refractivity (Wildman–Crippen MR) is 91.2 cm³/mol. The number of methoxy groups -OCH3 is 1. The molecule has 1 N–H and O–H groups in total. The van der Waals surface area contributed by atoms with E-state index in [2.05, 4.69) is 41.2 Å². The average molecular weight is 362 g/mol. The van der Waals surface area contributed by atoms with Crippen LogP contribution in [-0.4, -0.2) is 31.3 Å². The van der Waals surface area contributed by atoms with E-state index in [-0.39, 0.29) is 0 Å². The fourth-order valence-electron chi connectivity index (χ4n) is 1.81. The van der Waals surface area contributed by atoms with Crippen LogP contribution in [-0.2, 0) is 6.54 Å². The maximum Gasteiger partial charge on any atom is 0.175 e. The van der Waals surface area contributed by atoms with Crippen molar-refractivity contribution in [3.8, 4) is 11.5 Å². The van der Waals surface area contributed by atoms with Gasteiger partial charge in [-0.3, -0.25) is 0 Å². The summed E-state index contributed by atoms with van der Waals surface area (Å²) in [4.78, 5) is 0. The van der Waals surface area contributed by atoms with Gasteiger partial charge in [0.15, 0.2) is 11.5 Å². The molecular formula is C15H24BrNO2S. The highest BCUT2D eigenvalue weighted by Gasteiger charge is 2.11. The van der Waals surface area contributed by atoms with Crippen LogP contribution in [0.15, 0.2) is 16.6 Å². The van der Waals surface area contributed by atoms with Gasteiger partial charge in [0.25, 0.3) is 0 Å². The lowest BCUT2D eigenvalue weighted by Gasteiger charge is -2.16. The molecule has 1 aromatic carbocycles. The molecule has 0 spiro atoms. The fourth-order valence-corrected chi connectivity index (χ4v) is 3.12. The second-order valence-electron chi connectivity index (χ2n) is 4.48. The molecule has 1 rings (SSSR count). The Balaban J connectivity index is 2.69. The van der Waals surface area contributed by atoms with Gasteiger partial charge in [-0.25, -0.2) is 0 Å². The number of nitrogens with one attached hydrogen (secondary N) is 1. The molecule has 0 fully saturated rings. The molecule has 0 aliphatic heterocycles. The van der Waals surface area contributed by atoms with Crippen molar-refractivity contribution in [3.63, 3.8) is 0 Å². The zero-order valence-corrected chi connectivity index (χ0v) is 15.1. The lowest BCUT2D eigenvalue weighted by molar-refractivity contribution is 0.308. The standard InChI is InChI=1S/C15H24BrNO2S/c1-5-19-15-13(16)7-12(8-14(15)18-4)9-17-11(3)10-20-6-2/h7-8,11,17H,5-6,9-10H2,1-4H3. The molecule has 0 amide bonds. The third kappa shape index (κ3) is 5.54. The second-order valence-corrected chi connectivity index (χ2v) is 6.66. The predicted octanol–water partition coefficient (Wildman–Crippen LogP) is 4.09. The third-order valence-electron chi connectivity index (χ3n) is 2.80. The summed E-state index contributed by atoms with van der Waals surface area (Å²) in [7, 11) is 1.67. The van der Waals surface area contributed by atoms with Gasteiger partial charge in [-0.1, -0.05) is 6.92 Å². The van der Waals surface area contributed by atoms with Crippen molar-refractivity contribution in [1.82, 2.24) is 5.32 Å². The minimum atomic E-state index is 0.497. The number of thioether (sulfide) groups is 1. The molecule has 1 atom stereocenters. The highest BCUT2D eigenvalue weighted by molar-refractivity contribution is 9.10. The molecule has 0 bridgehead atoms. The highest BCUT2D eigenvalue weighted by Crippen LogP contribution is 2.36. The summed E-state index contributed by atoms with van der Waals surface area (Å²) >= 11 is 5.51. The Kier molecular flexibility index (Phi) is 8.41. The monoisotopic (exact) mass is 361 g/mol. The Morgan fingerprint density at radius 1 is 1.35 bits per heavy atom. The van der Waals surface area contributed by atoms with Crippen molar-refractivity contribution in [3.05, 3.63) is 22.2 Å².